The molecule has 0 atom stereocenters. The van der Waals surface area contributed by atoms with Gasteiger partial charge < -0.3 is 10.2 Å². The average molecular weight is 250 g/mol. The first-order valence-corrected chi connectivity index (χ1v) is 6.27. The summed E-state index contributed by atoms with van der Waals surface area (Å²) in [4.78, 5) is 22.1. The molecule has 0 aliphatic heterocycles. The van der Waals surface area contributed by atoms with Crippen LogP contribution in [0.3, 0.4) is 0 Å². The maximum absolute atomic E-state index is 12.0. The zero-order valence-electron chi connectivity index (χ0n) is 11.8. The van der Waals surface area contributed by atoms with E-state index >= 15 is 0 Å². The fourth-order valence-corrected chi connectivity index (χ4v) is 1.53. The number of carbonyl (C=O) groups excluding carboxylic acids is 1. The van der Waals surface area contributed by atoms with E-state index in [1.807, 2.05) is 34.6 Å². The van der Waals surface area contributed by atoms with Gasteiger partial charge in [-0.3, -0.25) is 4.79 Å². The van der Waals surface area contributed by atoms with Crippen LogP contribution in [-0.4, -0.2) is 39.4 Å². The van der Waals surface area contributed by atoms with Gasteiger partial charge in [0.2, 0.25) is 5.95 Å². The molecule has 0 aromatic carbocycles. The SMILES string of the molecule is CCN(CC)C(=O)c1cnc(NC(C)(C)C)nc1. The lowest BCUT2D eigenvalue weighted by Crippen LogP contribution is -2.31. The lowest BCUT2D eigenvalue weighted by atomic mass is 10.1. The molecule has 0 bridgehead atoms. The quantitative estimate of drug-likeness (QED) is 0.889. The van der Waals surface area contributed by atoms with E-state index in [1.165, 1.54) is 0 Å². The first kappa shape index (κ1) is 14.4. The minimum absolute atomic E-state index is 0.0256. The van der Waals surface area contributed by atoms with Gasteiger partial charge in [0.15, 0.2) is 0 Å². The lowest BCUT2D eigenvalue weighted by Gasteiger charge is -2.21. The number of carbonyl (C=O) groups is 1. The molecule has 0 fully saturated rings. The van der Waals surface area contributed by atoms with Crippen molar-refractivity contribution >= 4 is 11.9 Å². The molecule has 0 unspecified atom stereocenters. The van der Waals surface area contributed by atoms with Gasteiger partial charge in [-0.15, -0.1) is 0 Å². The molecule has 1 aromatic rings. The highest BCUT2D eigenvalue weighted by molar-refractivity contribution is 5.93. The highest BCUT2D eigenvalue weighted by atomic mass is 16.2. The summed E-state index contributed by atoms with van der Waals surface area (Å²) >= 11 is 0. The number of hydrogen-bond donors (Lipinski definition) is 1. The lowest BCUT2D eigenvalue weighted by molar-refractivity contribution is 0.0772. The van der Waals surface area contributed by atoms with Crippen LogP contribution in [0.2, 0.25) is 0 Å². The highest BCUT2D eigenvalue weighted by Gasteiger charge is 2.15. The van der Waals surface area contributed by atoms with Gasteiger partial charge in [0.05, 0.1) is 5.56 Å². The fourth-order valence-electron chi connectivity index (χ4n) is 1.53. The Balaban J connectivity index is 2.79. The summed E-state index contributed by atoms with van der Waals surface area (Å²) in [5, 5.41) is 3.16. The summed E-state index contributed by atoms with van der Waals surface area (Å²) in [7, 11) is 0. The normalized spacial score (nSPS) is 11.2. The maximum atomic E-state index is 12.0. The summed E-state index contributed by atoms with van der Waals surface area (Å²) in [6, 6.07) is 0. The van der Waals surface area contributed by atoms with Gasteiger partial charge in [0.25, 0.3) is 5.91 Å². The van der Waals surface area contributed by atoms with Gasteiger partial charge in [0, 0.05) is 31.0 Å². The molecule has 5 nitrogen and oxygen atoms in total. The topological polar surface area (TPSA) is 58.1 Å². The summed E-state index contributed by atoms with van der Waals surface area (Å²) in [6.45, 7) is 11.4. The van der Waals surface area contributed by atoms with E-state index in [0.717, 1.165) is 0 Å². The van der Waals surface area contributed by atoms with Crippen molar-refractivity contribution < 1.29 is 4.79 Å². The summed E-state index contributed by atoms with van der Waals surface area (Å²) in [5.41, 5.74) is 0.433. The zero-order valence-corrected chi connectivity index (χ0v) is 11.8. The van der Waals surface area contributed by atoms with Gasteiger partial charge in [0.1, 0.15) is 0 Å². The summed E-state index contributed by atoms with van der Waals surface area (Å²) < 4.78 is 0. The van der Waals surface area contributed by atoms with E-state index < -0.39 is 0 Å². The minimum Gasteiger partial charge on any atom is -0.350 e. The fraction of sp³-hybridized carbons (Fsp3) is 0.615. The van der Waals surface area contributed by atoms with Crippen molar-refractivity contribution in [3.63, 3.8) is 0 Å². The zero-order chi connectivity index (χ0) is 13.8. The van der Waals surface area contributed by atoms with Crippen molar-refractivity contribution in [2.75, 3.05) is 18.4 Å². The monoisotopic (exact) mass is 250 g/mol. The third-order valence-electron chi connectivity index (χ3n) is 2.44. The third-order valence-corrected chi connectivity index (χ3v) is 2.44. The molecule has 1 aromatic heterocycles. The molecule has 0 spiro atoms. The van der Waals surface area contributed by atoms with Crippen LogP contribution in [0.1, 0.15) is 45.0 Å². The van der Waals surface area contributed by atoms with Crippen LogP contribution in [0.15, 0.2) is 12.4 Å². The Morgan fingerprint density at radius 2 is 1.72 bits per heavy atom. The number of nitrogens with one attached hydrogen (secondary N) is 1. The van der Waals surface area contributed by atoms with Gasteiger partial charge in [-0.05, 0) is 34.6 Å². The average Bonchev–Trinajstić information content (AvgIpc) is 2.29. The number of anilines is 1. The van der Waals surface area contributed by atoms with Crippen molar-refractivity contribution in [2.45, 2.75) is 40.2 Å². The number of hydrogen-bond acceptors (Lipinski definition) is 4. The van der Waals surface area contributed by atoms with Crippen LogP contribution in [0.4, 0.5) is 5.95 Å². The molecule has 18 heavy (non-hydrogen) atoms. The molecular formula is C13H22N4O. The second kappa shape index (κ2) is 5.80. The third kappa shape index (κ3) is 3.98. The maximum Gasteiger partial charge on any atom is 0.256 e. The Bertz CT molecular complexity index is 390. The van der Waals surface area contributed by atoms with E-state index in [0.29, 0.717) is 24.6 Å². The van der Waals surface area contributed by atoms with Crippen LogP contribution < -0.4 is 5.32 Å². The van der Waals surface area contributed by atoms with E-state index in [2.05, 4.69) is 15.3 Å². The van der Waals surface area contributed by atoms with Crippen LogP contribution >= 0.6 is 0 Å². The molecule has 0 aliphatic rings. The Hall–Kier alpha value is -1.65. The molecule has 0 saturated carbocycles. The Morgan fingerprint density at radius 3 is 2.11 bits per heavy atom. The summed E-state index contributed by atoms with van der Waals surface area (Å²) in [5.74, 6) is 0.515. The first-order chi connectivity index (χ1) is 8.37. The van der Waals surface area contributed by atoms with E-state index in [-0.39, 0.29) is 11.4 Å². The van der Waals surface area contributed by atoms with Crippen molar-refractivity contribution in [3.05, 3.63) is 18.0 Å². The second-order valence-corrected chi connectivity index (χ2v) is 5.15. The Morgan fingerprint density at radius 1 is 1.22 bits per heavy atom. The molecule has 100 valence electrons. The predicted octanol–water partition coefficient (Wildman–Crippen LogP) is 2.17. The van der Waals surface area contributed by atoms with Crippen molar-refractivity contribution in [3.8, 4) is 0 Å². The molecule has 0 aliphatic carbocycles. The van der Waals surface area contributed by atoms with Crippen LogP contribution in [0.25, 0.3) is 0 Å². The van der Waals surface area contributed by atoms with Crippen molar-refractivity contribution in [1.82, 2.24) is 14.9 Å². The smallest absolute Gasteiger partial charge is 0.256 e. The van der Waals surface area contributed by atoms with Crippen LogP contribution in [-0.2, 0) is 0 Å². The Kier molecular flexibility index (Phi) is 4.64. The molecule has 5 heteroatoms. The van der Waals surface area contributed by atoms with E-state index in [4.69, 9.17) is 0 Å². The Labute approximate surface area is 109 Å². The molecule has 1 rings (SSSR count). The molecule has 1 heterocycles. The molecule has 0 radical (unpaired) electrons. The van der Waals surface area contributed by atoms with E-state index in [1.54, 1.807) is 17.3 Å². The molecule has 0 saturated heterocycles. The molecular weight excluding hydrogens is 228 g/mol. The van der Waals surface area contributed by atoms with Crippen LogP contribution in [0, 0.1) is 0 Å². The van der Waals surface area contributed by atoms with Crippen molar-refractivity contribution in [2.24, 2.45) is 0 Å². The standard InChI is InChI=1S/C13H22N4O/c1-6-17(7-2)11(18)10-8-14-12(15-9-10)16-13(3,4)5/h8-9H,6-7H2,1-5H3,(H,14,15,16). The van der Waals surface area contributed by atoms with Crippen LogP contribution in [0.5, 0.6) is 0 Å². The van der Waals surface area contributed by atoms with Gasteiger partial charge in [-0.2, -0.15) is 0 Å². The second-order valence-electron chi connectivity index (χ2n) is 5.15. The number of rotatable bonds is 4. The summed E-state index contributed by atoms with van der Waals surface area (Å²) in [6.07, 6.45) is 3.14. The van der Waals surface area contributed by atoms with Gasteiger partial charge in [-0.25, -0.2) is 9.97 Å². The minimum atomic E-state index is -0.0929. The van der Waals surface area contributed by atoms with E-state index in [9.17, 15) is 4.79 Å². The first-order valence-electron chi connectivity index (χ1n) is 6.27. The largest absolute Gasteiger partial charge is 0.350 e. The predicted molar refractivity (Wildman–Crippen MR) is 72.7 cm³/mol. The van der Waals surface area contributed by atoms with Gasteiger partial charge in [-0.1, -0.05) is 0 Å². The number of aromatic nitrogens is 2. The molecule has 1 amide bonds. The number of amides is 1. The highest BCUT2D eigenvalue weighted by Crippen LogP contribution is 2.10. The van der Waals surface area contributed by atoms with Crippen molar-refractivity contribution in [1.29, 1.82) is 0 Å². The number of nitrogens with zero attached hydrogens (tertiary/aromatic N) is 3. The molecule has 1 N–H and O–H groups in total. The van der Waals surface area contributed by atoms with Gasteiger partial charge >= 0.3 is 0 Å².